The van der Waals surface area contributed by atoms with E-state index < -0.39 is 0 Å². The van der Waals surface area contributed by atoms with Gasteiger partial charge in [-0.2, -0.15) is 0 Å². The van der Waals surface area contributed by atoms with E-state index in [-0.39, 0.29) is 11.6 Å². The summed E-state index contributed by atoms with van der Waals surface area (Å²) in [5.74, 6) is 1.68. The van der Waals surface area contributed by atoms with Gasteiger partial charge in [0.25, 0.3) is 0 Å². The first-order valence-electron chi connectivity index (χ1n) is 10.7. The van der Waals surface area contributed by atoms with E-state index in [0.29, 0.717) is 5.88 Å². The molecule has 4 heterocycles. The Morgan fingerprint density at radius 1 is 1.29 bits per heavy atom. The molecule has 7 heteroatoms. The maximum Gasteiger partial charge on any atom is 0.213 e. The van der Waals surface area contributed by atoms with E-state index in [4.69, 9.17) is 9.47 Å². The van der Waals surface area contributed by atoms with Crippen LogP contribution in [-0.4, -0.2) is 85.4 Å². The topological polar surface area (TPSA) is 62.2 Å². The number of hydrogen-bond acceptors (Lipinski definition) is 5. The summed E-state index contributed by atoms with van der Waals surface area (Å²) in [7, 11) is 1.88. The van der Waals surface area contributed by atoms with Crippen LogP contribution < -0.4 is 10.1 Å². The molecule has 1 aromatic heterocycles. The Hall–Kier alpha value is -1.86. The summed E-state index contributed by atoms with van der Waals surface area (Å²) >= 11 is 0. The maximum atomic E-state index is 6.04. The van der Waals surface area contributed by atoms with Crippen LogP contribution >= 0.6 is 0 Å². The minimum absolute atomic E-state index is 0.157. The molecule has 0 amide bonds. The second-order valence-electron chi connectivity index (χ2n) is 8.07. The summed E-state index contributed by atoms with van der Waals surface area (Å²) < 4.78 is 11.7. The van der Waals surface area contributed by atoms with Gasteiger partial charge in [0.1, 0.15) is 6.10 Å². The van der Waals surface area contributed by atoms with Crippen LogP contribution in [0.3, 0.4) is 0 Å². The van der Waals surface area contributed by atoms with Crippen molar-refractivity contribution in [1.29, 1.82) is 0 Å². The van der Waals surface area contributed by atoms with Crippen LogP contribution in [0.25, 0.3) is 0 Å². The van der Waals surface area contributed by atoms with Gasteiger partial charge in [0, 0.05) is 57.6 Å². The highest BCUT2D eigenvalue weighted by Crippen LogP contribution is 2.31. The number of hydrogen-bond donors (Lipinski definition) is 1. The standard InChI is InChI=1S/C21H33N5O2/c1-22-20(25-13-7-18(16-25)28-19-6-2-3-10-23-19)24-17-21(8-14-27-15-9-21)26-11-4-5-12-26/h2-3,6,10,18H,4-5,7-9,11-17H2,1H3,(H,22,24). The number of rotatable bonds is 5. The quantitative estimate of drug-likeness (QED) is 0.614. The first-order chi connectivity index (χ1) is 13.8. The summed E-state index contributed by atoms with van der Waals surface area (Å²) in [4.78, 5) is 13.8. The van der Waals surface area contributed by atoms with Crippen molar-refractivity contribution in [2.45, 2.75) is 43.7 Å². The third kappa shape index (κ3) is 4.41. The minimum Gasteiger partial charge on any atom is -0.472 e. The number of guanidine groups is 1. The molecule has 0 spiro atoms. The van der Waals surface area contributed by atoms with Gasteiger partial charge in [-0.15, -0.1) is 0 Å². The van der Waals surface area contributed by atoms with Gasteiger partial charge in [-0.3, -0.25) is 9.89 Å². The van der Waals surface area contributed by atoms with Crippen molar-refractivity contribution < 1.29 is 9.47 Å². The van der Waals surface area contributed by atoms with Gasteiger partial charge < -0.3 is 19.7 Å². The molecule has 0 saturated carbocycles. The highest BCUT2D eigenvalue weighted by molar-refractivity contribution is 5.80. The van der Waals surface area contributed by atoms with Gasteiger partial charge in [0.05, 0.1) is 6.54 Å². The average molecular weight is 388 g/mol. The van der Waals surface area contributed by atoms with Gasteiger partial charge in [0.15, 0.2) is 5.96 Å². The minimum atomic E-state index is 0.157. The van der Waals surface area contributed by atoms with Crippen molar-refractivity contribution in [1.82, 2.24) is 20.1 Å². The summed E-state index contributed by atoms with van der Waals surface area (Å²) in [5, 5.41) is 3.69. The van der Waals surface area contributed by atoms with Crippen LogP contribution in [0.4, 0.5) is 0 Å². The zero-order valence-corrected chi connectivity index (χ0v) is 17.0. The van der Waals surface area contributed by atoms with E-state index in [0.717, 1.165) is 58.1 Å². The van der Waals surface area contributed by atoms with Crippen molar-refractivity contribution >= 4 is 5.96 Å². The molecule has 1 unspecified atom stereocenters. The molecule has 1 N–H and O–H groups in total. The van der Waals surface area contributed by atoms with E-state index in [1.54, 1.807) is 6.20 Å². The fraction of sp³-hybridized carbons (Fsp3) is 0.714. The molecule has 0 aliphatic carbocycles. The summed E-state index contributed by atoms with van der Waals surface area (Å²) in [6.45, 7) is 6.88. The van der Waals surface area contributed by atoms with Gasteiger partial charge in [-0.25, -0.2) is 4.98 Å². The number of aromatic nitrogens is 1. The second-order valence-corrected chi connectivity index (χ2v) is 8.07. The van der Waals surface area contributed by atoms with E-state index in [9.17, 15) is 0 Å². The predicted octanol–water partition coefficient (Wildman–Crippen LogP) is 1.76. The van der Waals surface area contributed by atoms with Gasteiger partial charge in [-0.05, 0) is 44.8 Å². The molecule has 1 aromatic rings. The molecule has 154 valence electrons. The molecule has 0 bridgehead atoms. The van der Waals surface area contributed by atoms with Crippen LogP contribution in [0.2, 0.25) is 0 Å². The number of ether oxygens (including phenoxy) is 2. The molecule has 3 aliphatic rings. The van der Waals surface area contributed by atoms with Gasteiger partial charge in [0.2, 0.25) is 5.88 Å². The second kappa shape index (κ2) is 9.09. The van der Waals surface area contributed by atoms with Gasteiger partial charge in [-0.1, -0.05) is 6.07 Å². The molecule has 7 nitrogen and oxygen atoms in total. The lowest BCUT2D eigenvalue weighted by atomic mass is 9.88. The highest BCUT2D eigenvalue weighted by Gasteiger charge is 2.40. The fourth-order valence-electron chi connectivity index (χ4n) is 4.73. The largest absolute Gasteiger partial charge is 0.472 e. The molecular formula is C21H33N5O2. The average Bonchev–Trinajstić information content (AvgIpc) is 3.43. The SMILES string of the molecule is CN=C(NCC1(N2CCCC2)CCOCC1)N1CCC(Oc2ccccn2)C1. The molecule has 28 heavy (non-hydrogen) atoms. The van der Waals surface area contributed by atoms with Crippen LogP contribution in [0.15, 0.2) is 29.4 Å². The van der Waals surface area contributed by atoms with E-state index in [1.807, 2.05) is 25.2 Å². The molecule has 0 radical (unpaired) electrons. The first-order valence-corrected chi connectivity index (χ1v) is 10.7. The molecule has 3 aliphatic heterocycles. The van der Waals surface area contributed by atoms with Crippen molar-refractivity contribution in [2.75, 3.05) is 53.0 Å². The molecule has 4 rings (SSSR count). The molecule has 0 aromatic carbocycles. The van der Waals surface area contributed by atoms with Crippen LogP contribution in [0, 0.1) is 0 Å². The lowest BCUT2D eigenvalue weighted by Gasteiger charge is -2.45. The van der Waals surface area contributed by atoms with Crippen LogP contribution in [-0.2, 0) is 4.74 Å². The Kier molecular flexibility index (Phi) is 6.32. The fourth-order valence-corrected chi connectivity index (χ4v) is 4.73. The maximum absolute atomic E-state index is 6.04. The zero-order chi connectivity index (χ0) is 19.2. The number of likely N-dealkylation sites (tertiary alicyclic amines) is 2. The number of aliphatic imine (C=N–C) groups is 1. The molecule has 3 fully saturated rings. The number of nitrogens with zero attached hydrogens (tertiary/aromatic N) is 4. The van der Waals surface area contributed by atoms with Crippen LogP contribution in [0.1, 0.15) is 32.1 Å². The van der Waals surface area contributed by atoms with Crippen molar-refractivity contribution in [3.63, 3.8) is 0 Å². The third-order valence-electron chi connectivity index (χ3n) is 6.36. The van der Waals surface area contributed by atoms with E-state index in [2.05, 4.69) is 25.1 Å². The molecule has 1 atom stereocenters. The Balaban J connectivity index is 1.34. The third-order valence-corrected chi connectivity index (χ3v) is 6.36. The van der Waals surface area contributed by atoms with Crippen LogP contribution in [0.5, 0.6) is 5.88 Å². The smallest absolute Gasteiger partial charge is 0.213 e. The first kappa shape index (κ1) is 19.5. The summed E-state index contributed by atoms with van der Waals surface area (Å²) in [5.41, 5.74) is 0.203. The Morgan fingerprint density at radius 3 is 2.82 bits per heavy atom. The monoisotopic (exact) mass is 387 g/mol. The lowest BCUT2D eigenvalue weighted by molar-refractivity contribution is -0.0166. The summed E-state index contributed by atoms with van der Waals surface area (Å²) in [6, 6.07) is 5.79. The Bertz CT molecular complexity index is 641. The summed E-state index contributed by atoms with van der Waals surface area (Å²) in [6.07, 6.45) is 7.75. The zero-order valence-electron chi connectivity index (χ0n) is 17.0. The Morgan fingerprint density at radius 2 is 2.11 bits per heavy atom. The number of pyridine rings is 1. The van der Waals surface area contributed by atoms with Gasteiger partial charge >= 0.3 is 0 Å². The van der Waals surface area contributed by atoms with Crippen molar-refractivity contribution in [3.8, 4) is 5.88 Å². The highest BCUT2D eigenvalue weighted by atomic mass is 16.5. The van der Waals surface area contributed by atoms with Crippen molar-refractivity contribution in [2.24, 2.45) is 4.99 Å². The lowest BCUT2D eigenvalue weighted by Crippen LogP contribution is -2.58. The number of nitrogens with one attached hydrogen (secondary N) is 1. The predicted molar refractivity (Wildman–Crippen MR) is 110 cm³/mol. The van der Waals surface area contributed by atoms with Crippen molar-refractivity contribution in [3.05, 3.63) is 24.4 Å². The molecular weight excluding hydrogens is 354 g/mol. The Labute approximate surface area is 168 Å². The van der Waals surface area contributed by atoms with E-state index >= 15 is 0 Å². The normalized spacial score (nSPS) is 25.8. The molecule has 3 saturated heterocycles. The van der Waals surface area contributed by atoms with E-state index in [1.165, 1.54) is 25.9 Å².